The molecule has 57 heavy (non-hydrogen) atoms. The van der Waals surface area contributed by atoms with Crippen molar-refractivity contribution >= 4 is 3.21 Å². The van der Waals surface area contributed by atoms with E-state index in [0.717, 1.165) is 0 Å². The van der Waals surface area contributed by atoms with Gasteiger partial charge in [0.15, 0.2) is 0 Å². The Hall–Kier alpha value is -2.31. The average Bonchev–Trinajstić information content (AvgIpc) is 3.60. The summed E-state index contributed by atoms with van der Waals surface area (Å²) < 4.78 is 3.92. The Labute approximate surface area is 366 Å². The van der Waals surface area contributed by atoms with Gasteiger partial charge in [0.05, 0.1) is 0 Å². The van der Waals surface area contributed by atoms with Crippen molar-refractivity contribution in [3.8, 4) is 0 Å². The van der Waals surface area contributed by atoms with Crippen molar-refractivity contribution in [1.29, 1.82) is 0 Å². The molecule has 0 saturated heterocycles. The first kappa shape index (κ1) is 44.3. The van der Waals surface area contributed by atoms with Crippen molar-refractivity contribution in [3.63, 3.8) is 0 Å². The fraction of sp³-hybridized carbons (Fsp3) is 0.463. The SMILES string of the molecule is CC1=CC=CC2[CH]([Zr+2]([C]3=CC(C(C)(C)C)=CC3C)=[C](c3ccc(C)cc3)c3ccc(C)cc3)C3(C)C4(C)C=CC=CC4(C)C4(C)C=CC=CC4(C)C3(C)C12C.[Cl-].[Cl-]. The minimum atomic E-state index is -3.14. The van der Waals surface area contributed by atoms with Crippen LogP contribution in [0.2, 0.25) is 3.63 Å². The van der Waals surface area contributed by atoms with Crippen LogP contribution in [0, 0.1) is 69.0 Å². The average molecular weight is 877 g/mol. The molecule has 3 heteroatoms. The van der Waals surface area contributed by atoms with Gasteiger partial charge in [-0.15, -0.1) is 0 Å². The zero-order valence-electron chi connectivity index (χ0n) is 37.1. The quantitative estimate of drug-likeness (QED) is 0.291. The maximum Gasteiger partial charge on any atom is -1.00 e. The molecule has 0 aromatic heterocycles. The molecular weight excluding hydrogens is 811 g/mol. The summed E-state index contributed by atoms with van der Waals surface area (Å²) >= 11 is -3.14. The molecule has 0 N–H and O–H groups in total. The van der Waals surface area contributed by atoms with Gasteiger partial charge in [-0.3, -0.25) is 0 Å². The second-order valence-corrected chi connectivity index (χ2v) is 27.0. The maximum absolute atomic E-state index is 3.14. The molecular formula is C54H66Cl2Zr. The molecule has 10 atom stereocenters. The third kappa shape index (κ3) is 5.29. The van der Waals surface area contributed by atoms with Crippen LogP contribution in [0.4, 0.5) is 0 Å². The maximum atomic E-state index is 2.84. The van der Waals surface area contributed by atoms with Crippen LogP contribution in [0.3, 0.4) is 0 Å². The van der Waals surface area contributed by atoms with Crippen molar-refractivity contribution in [3.05, 3.63) is 164 Å². The molecule has 0 amide bonds. The van der Waals surface area contributed by atoms with Gasteiger partial charge in [-0.25, -0.2) is 0 Å². The van der Waals surface area contributed by atoms with Gasteiger partial charge in [-0.2, -0.15) is 0 Å². The van der Waals surface area contributed by atoms with Gasteiger partial charge >= 0.3 is 344 Å². The van der Waals surface area contributed by atoms with Crippen molar-refractivity contribution in [1.82, 2.24) is 0 Å². The second kappa shape index (κ2) is 14.1. The Kier molecular flexibility index (Phi) is 11.0. The fourth-order valence-electron chi connectivity index (χ4n) is 14.1. The summed E-state index contributed by atoms with van der Waals surface area (Å²) in [6.07, 6.45) is 33.3. The molecule has 2 fully saturated rings. The van der Waals surface area contributed by atoms with Crippen LogP contribution < -0.4 is 24.8 Å². The first-order valence-electron chi connectivity index (χ1n) is 21.1. The van der Waals surface area contributed by atoms with Crippen molar-refractivity contribution in [2.24, 2.45) is 55.2 Å². The molecule has 0 bridgehead atoms. The largest absolute Gasteiger partial charge is 1.00 e. The van der Waals surface area contributed by atoms with Gasteiger partial charge in [-0.05, 0) is 0 Å². The molecule has 0 heterocycles. The zero-order chi connectivity index (χ0) is 39.8. The summed E-state index contributed by atoms with van der Waals surface area (Å²) in [5, 5.41) is 0. The standard InChI is InChI=1S/C29H37.C15H14.C10H15.2ClH.Zr/c1-21-14-13-15-22-20-27(6)25(4)18-10-9-16-23(25,2)24(3)17-11-12-19-26(24,5)29(27,8)28(21,22)7;1-12-3-7-14(8-4-12)11-15-9-5-13(2)6-10-15;1-8-5-6-9(7-8)10(2,3)4;;;/h9-20,22H,1-8H3;3-10H,1-2H3;6-8H,1-4H3;2*1H;/q;;;;;+2/p-2. The van der Waals surface area contributed by atoms with Crippen LogP contribution in [0.5, 0.6) is 0 Å². The van der Waals surface area contributed by atoms with Crippen molar-refractivity contribution in [2.45, 2.75) is 101 Å². The van der Waals surface area contributed by atoms with E-state index < -0.39 is 21.3 Å². The number of hydrogen-bond acceptors (Lipinski definition) is 0. The van der Waals surface area contributed by atoms with Crippen molar-refractivity contribution < 1.29 is 46.1 Å². The molecule has 0 radical (unpaired) electrons. The number of halogens is 2. The van der Waals surface area contributed by atoms with Crippen LogP contribution in [-0.4, -0.2) is 3.21 Å². The molecule has 0 aliphatic heterocycles. The normalized spacial score (nSPS) is 39.2. The first-order valence-corrected chi connectivity index (χ1v) is 25.0. The summed E-state index contributed by atoms with van der Waals surface area (Å²) in [5.74, 6) is 0.793. The molecule has 0 nitrogen and oxygen atoms in total. The summed E-state index contributed by atoms with van der Waals surface area (Å²) in [7, 11) is 0. The van der Waals surface area contributed by atoms with E-state index in [9.17, 15) is 0 Å². The second-order valence-electron chi connectivity index (χ2n) is 20.8. The molecule has 6 aliphatic carbocycles. The van der Waals surface area contributed by atoms with E-state index in [1.807, 2.05) is 0 Å². The molecule has 2 saturated carbocycles. The monoisotopic (exact) mass is 874 g/mol. The summed E-state index contributed by atoms with van der Waals surface area (Å²) in [5.41, 5.74) is 7.85. The van der Waals surface area contributed by atoms with Gasteiger partial charge in [0.2, 0.25) is 0 Å². The predicted octanol–water partition coefficient (Wildman–Crippen LogP) is 8.25. The molecule has 300 valence electrons. The fourth-order valence-corrected chi connectivity index (χ4v) is 25.8. The third-order valence-corrected chi connectivity index (χ3v) is 27.7. The van der Waals surface area contributed by atoms with E-state index in [1.54, 1.807) is 12.1 Å². The van der Waals surface area contributed by atoms with Gasteiger partial charge < -0.3 is 24.8 Å². The predicted molar refractivity (Wildman–Crippen MR) is 234 cm³/mol. The molecule has 6 aliphatic rings. The van der Waals surface area contributed by atoms with Crippen LogP contribution in [0.1, 0.15) is 105 Å². The molecule has 0 spiro atoms. The Bertz CT molecular complexity index is 2200. The van der Waals surface area contributed by atoms with Gasteiger partial charge in [0, 0.05) is 0 Å². The van der Waals surface area contributed by atoms with Gasteiger partial charge in [-0.1, -0.05) is 0 Å². The zero-order valence-corrected chi connectivity index (χ0v) is 41.1. The minimum Gasteiger partial charge on any atom is -1.00 e. The third-order valence-electron chi connectivity index (χ3n) is 18.2. The van der Waals surface area contributed by atoms with E-state index >= 15 is 0 Å². The van der Waals surface area contributed by atoms with Gasteiger partial charge in [0.1, 0.15) is 0 Å². The van der Waals surface area contributed by atoms with Crippen molar-refractivity contribution in [2.75, 3.05) is 0 Å². The summed E-state index contributed by atoms with van der Waals surface area (Å²) in [6, 6.07) is 19.4. The Morgan fingerprint density at radius 1 is 0.614 bits per heavy atom. The van der Waals surface area contributed by atoms with E-state index in [0.29, 0.717) is 15.5 Å². The summed E-state index contributed by atoms with van der Waals surface area (Å²) in [4.78, 5) is 0. The summed E-state index contributed by atoms with van der Waals surface area (Å²) in [6.45, 7) is 35.8. The Balaban J connectivity index is 0.00000275. The van der Waals surface area contributed by atoms with Crippen LogP contribution in [-0.2, 0) is 21.3 Å². The topological polar surface area (TPSA) is 0 Å². The Morgan fingerprint density at radius 2 is 1.07 bits per heavy atom. The minimum absolute atomic E-state index is 0. The number of fused-ring (bicyclic) bond motifs is 8. The van der Waals surface area contributed by atoms with E-state index in [2.05, 4.69) is 224 Å². The number of rotatable bonds is 4. The van der Waals surface area contributed by atoms with E-state index in [1.165, 1.54) is 27.8 Å². The molecule has 2 aromatic rings. The number of allylic oxidation sites excluding steroid dienone is 16. The smallest absolute Gasteiger partial charge is 1.00 e. The van der Waals surface area contributed by atoms with Crippen LogP contribution >= 0.6 is 0 Å². The van der Waals surface area contributed by atoms with E-state index in [4.69, 9.17) is 0 Å². The first-order chi connectivity index (χ1) is 25.7. The number of hydrogen-bond donors (Lipinski definition) is 0. The van der Waals surface area contributed by atoms with Gasteiger partial charge in [0.25, 0.3) is 0 Å². The van der Waals surface area contributed by atoms with E-state index in [-0.39, 0.29) is 68.1 Å². The molecule has 8 rings (SSSR count). The molecule has 2 aromatic carbocycles. The van der Waals surface area contributed by atoms with Crippen LogP contribution in [0.25, 0.3) is 0 Å². The van der Waals surface area contributed by atoms with Crippen LogP contribution in [0.15, 0.2) is 142 Å². The number of aryl methyl sites for hydroxylation is 2. The Morgan fingerprint density at radius 3 is 1.54 bits per heavy atom. The molecule has 10 unspecified atom stereocenters. The number of benzene rings is 2.